The van der Waals surface area contributed by atoms with Crippen molar-refractivity contribution in [2.45, 2.75) is 50.2 Å². The molecule has 0 bridgehead atoms. The van der Waals surface area contributed by atoms with Gasteiger partial charge in [-0.25, -0.2) is 9.98 Å². The van der Waals surface area contributed by atoms with Crippen LogP contribution in [0.5, 0.6) is 5.88 Å². The molecule has 0 amide bonds. The van der Waals surface area contributed by atoms with E-state index in [-0.39, 0.29) is 29.9 Å². The van der Waals surface area contributed by atoms with Crippen LogP contribution in [0, 0.1) is 0 Å². The molecule has 154 valence electrons. The Morgan fingerprint density at radius 3 is 2.81 bits per heavy atom. The number of halogens is 4. The second-order valence-corrected chi connectivity index (χ2v) is 7.25. The average molecular weight is 518 g/mol. The maximum atomic E-state index is 12.2. The Kier molecular flexibility index (Phi) is 10.6. The number of thioether (sulfide) groups is 1. The number of hydrogen-bond donors (Lipinski definition) is 2. The first-order valence-electron chi connectivity index (χ1n) is 8.61. The van der Waals surface area contributed by atoms with Gasteiger partial charge in [-0.1, -0.05) is 0 Å². The summed E-state index contributed by atoms with van der Waals surface area (Å²) in [5.74, 6) is 0.667. The van der Waals surface area contributed by atoms with Crippen LogP contribution >= 0.6 is 35.7 Å². The van der Waals surface area contributed by atoms with Gasteiger partial charge in [0.15, 0.2) is 12.6 Å². The molecule has 1 aliphatic carbocycles. The fourth-order valence-electron chi connectivity index (χ4n) is 2.75. The fourth-order valence-corrected chi connectivity index (χ4v) is 3.55. The minimum Gasteiger partial charge on any atom is -0.468 e. The van der Waals surface area contributed by atoms with E-state index in [1.165, 1.54) is 18.7 Å². The Morgan fingerprint density at radius 1 is 1.41 bits per heavy atom. The smallest absolute Gasteiger partial charge is 0.422 e. The highest BCUT2D eigenvalue weighted by molar-refractivity contribution is 14.0. The summed E-state index contributed by atoms with van der Waals surface area (Å²) in [6.45, 7) is 1.71. The first-order valence-corrected chi connectivity index (χ1v) is 9.90. The Balaban J connectivity index is 0.00000364. The van der Waals surface area contributed by atoms with Crippen LogP contribution in [0.25, 0.3) is 0 Å². The van der Waals surface area contributed by atoms with E-state index in [0.717, 1.165) is 24.9 Å². The van der Waals surface area contributed by atoms with E-state index in [4.69, 9.17) is 0 Å². The summed E-state index contributed by atoms with van der Waals surface area (Å²) in [5, 5.41) is 7.33. The minimum atomic E-state index is -4.38. The van der Waals surface area contributed by atoms with E-state index >= 15 is 0 Å². The molecular weight excluding hydrogens is 492 g/mol. The van der Waals surface area contributed by atoms with E-state index in [0.29, 0.717) is 23.8 Å². The fraction of sp³-hybridized carbons (Fsp3) is 0.647. The lowest BCUT2D eigenvalue weighted by Gasteiger charge is -2.17. The van der Waals surface area contributed by atoms with Gasteiger partial charge >= 0.3 is 6.18 Å². The van der Waals surface area contributed by atoms with Crippen LogP contribution in [0.3, 0.4) is 0 Å². The van der Waals surface area contributed by atoms with Crippen LogP contribution < -0.4 is 15.4 Å². The standard InChI is InChI=1S/C17H25F3N4OS.HI/c1-3-21-16(24-13-4-5-14(9-13)26-2)23-10-12-6-7-22-15(8-12)25-11-17(18,19)20;/h6-8,13-14H,3-5,9-11H2,1-2H3,(H2,21,23,24);1H. The molecule has 0 radical (unpaired) electrons. The summed E-state index contributed by atoms with van der Waals surface area (Å²) >= 11 is 1.89. The van der Waals surface area contributed by atoms with Crippen molar-refractivity contribution < 1.29 is 17.9 Å². The molecule has 1 heterocycles. The number of rotatable bonds is 7. The van der Waals surface area contributed by atoms with Gasteiger partial charge in [-0.2, -0.15) is 24.9 Å². The molecule has 2 N–H and O–H groups in total. The van der Waals surface area contributed by atoms with Crippen molar-refractivity contribution in [3.05, 3.63) is 23.9 Å². The predicted octanol–water partition coefficient (Wildman–Crippen LogP) is 3.98. The lowest BCUT2D eigenvalue weighted by molar-refractivity contribution is -0.154. The zero-order valence-corrected chi connectivity index (χ0v) is 18.5. The Bertz CT molecular complexity index is 604. The maximum Gasteiger partial charge on any atom is 0.422 e. The van der Waals surface area contributed by atoms with Gasteiger partial charge in [-0.3, -0.25) is 0 Å². The molecule has 2 atom stereocenters. The van der Waals surface area contributed by atoms with Gasteiger partial charge in [0.2, 0.25) is 5.88 Å². The highest BCUT2D eigenvalue weighted by Crippen LogP contribution is 2.28. The largest absolute Gasteiger partial charge is 0.468 e. The van der Waals surface area contributed by atoms with Crippen molar-refractivity contribution in [1.82, 2.24) is 15.6 Å². The van der Waals surface area contributed by atoms with Crippen LogP contribution in [-0.2, 0) is 6.54 Å². The van der Waals surface area contributed by atoms with E-state index in [1.54, 1.807) is 6.07 Å². The highest BCUT2D eigenvalue weighted by Gasteiger charge is 2.28. The summed E-state index contributed by atoms with van der Waals surface area (Å²) in [7, 11) is 0. The normalized spacial score (nSPS) is 20.1. The highest BCUT2D eigenvalue weighted by atomic mass is 127. The Labute approximate surface area is 179 Å². The third-order valence-electron chi connectivity index (χ3n) is 4.01. The number of guanidine groups is 1. The average Bonchev–Trinajstić information content (AvgIpc) is 3.05. The number of pyridine rings is 1. The quantitative estimate of drug-likeness (QED) is 0.325. The molecule has 5 nitrogen and oxygen atoms in total. The zero-order valence-electron chi connectivity index (χ0n) is 15.4. The van der Waals surface area contributed by atoms with Crippen molar-refractivity contribution in [3.63, 3.8) is 0 Å². The van der Waals surface area contributed by atoms with Crippen molar-refractivity contribution in [1.29, 1.82) is 0 Å². The van der Waals surface area contributed by atoms with Crippen LogP contribution in [0.4, 0.5) is 13.2 Å². The first kappa shape index (κ1) is 24.1. The molecule has 0 spiro atoms. The zero-order chi connectivity index (χ0) is 19.0. The van der Waals surface area contributed by atoms with Gasteiger partial charge in [0.25, 0.3) is 0 Å². The maximum absolute atomic E-state index is 12.2. The molecule has 1 saturated carbocycles. The van der Waals surface area contributed by atoms with Crippen LogP contribution in [-0.4, -0.2) is 47.8 Å². The van der Waals surface area contributed by atoms with Gasteiger partial charge in [0.1, 0.15) is 0 Å². The van der Waals surface area contributed by atoms with Gasteiger partial charge in [-0.05, 0) is 44.1 Å². The second-order valence-electron chi connectivity index (χ2n) is 6.11. The third kappa shape index (κ3) is 9.22. The summed E-state index contributed by atoms with van der Waals surface area (Å²) in [6.07, 6.45) is 2.60. The third-order valence-corrected chi connectivity index (χ3v) is 5.10. The number of nitrogens with zero attached hydrogens (tertiary/aromatic N) is 2. The number of ether oxygens (including phenoxy) is 1. The lowest BCUT2D eigenvalue weighted by atomic mass is 10.2. The number of alkyl halides is 3. The van der Waals surface area contributed by atoms with Crippen LogP contribution in [0.15, 0.2) is 23.3 Å². The van der Waals surface area contributed by atoms with Crippen LogP contribution in [0.1, 0.15) is 31.7 Å². The lowest BCUT2D eigenvalue weighted by Crippen LogP contribution is -2.42. The SMILES string of the molecule is CCNC(=NCc1ccnc(OCC(F)(F)F)c1)NC1CCC(SC)C1.I. The van der Waals surface area contributed by atoms with Crippen molar-refractivity contribution in [3.8, 4) is 5.88 Å². The summed E-state index contributed by atoms with van der Waals surface area (Å²) in [6, 6.07) is 3.60. The molecule has 1 fully saturated rings. The summed E-state index contributed by atoms with van der Waals surface area (Å²) in [5.41, 5.74) is 0.739. The van der Waals surface area contributed by atoms with Crippen molar-refractivity contribution in [2.75, 3.05) is 19.4 Å². The second kappa shape index (κ2) is 11.8. The van der Waals surface area contributed by atoms with Gasteiger partial charge in [-0.15, -0.1) is 24.0 Å². The minimum absolute atomic E-state index is 0. The summed E-state index contributed by atoms with van der Waals surface area (Å²) in [4.78, 5) is 8.33. The molecular formula is C17H26F3IN4OS. The Hall–Kier alpha value is -0.910. The van der Waals surface area contributed by atoms with Gasteiger partial charge < -0.3 is 15.4 Å². The van der Waals surface area contributed by atoms with Crippen LogP contribution in [0.2, 0.25) is 0 Å². The van der Waals surface area contributed by atoms with E-state index in [9.17, 15) is 13.2 Å². The molecule has 10 heteroatoms. The molecule has 1 aromatic heterocycles. The van der Waals surface area contributed by atoms with E-state index in [2.05, 4.69) is 31.6 Å². The van der Waals surface area contributed by atoms with Crippen molar-refractivity contribution >= 4 is 41.7 Å². The number of hydrogen-bond acceptors (Lipinski definition) is 4. The first-order chi connectivity index (χ1) is 12.4. The van der Waals surface area contributed by atoms with Gasteiger partial charge in [0.05, 0.1) is 6.54 Å². The number of nitrogens with one attached hydrogen (secondary N) is 2. The van der Waals surface area contributed by atoms with Crippen molar-refractivity contribution in [2.24, 2.45) is 4.99 Å². The van der Waals surface area contributed by atoms with E-state index in [1.807, 2.05) is 18.7 Å². The number of aliphatic imine (C=N–C) groups is 1. The molecule has 0 aliphatic heterocycles. The molecule has 1 aliphatic rings. The molecule has 2 unspecified atom stereocenters. The monoisotopic (exact) mass is 518 g/mol. The topological polar surface area (TPSA) is 58.5 Å². The molecule has 2 rings (SSSR count). The Morgan fingerprint density at radius 2 is 2.19 bits per heavy atom. The number of aromatic nitrogens is 1. The summed E-state index contributed by atoms with van der Waals surface area (Å²) < 4.78 is 41.4. The molecule has 0 aromatic carbocycles. The molecule has 0 saturated heterocycles. The van der Waals surface area contributed by atoms with Gasteiger partial charge in [0, 0.05) is 30.1 Å². The predicted molar refractivity (Wildman–Crippen MR) is 114 cm³/mol. The molecule has 1 aromatic rings. The van der Waals surface area contributed by atoms with E-state index < -0.39 is 12.8 Å². The molecule has 27 heavy (non-hydrogen) atoms.